The first-order valence-corrected chi connectivity index (χ1v) is 8.54. The molecule has 20 heavy (non-hydrogen) atoms. The highest BCUT2D eigenvalue weighted by atomic mass is 32.1. The average Bonchev–Trinajstić information content (AvgIpc) is 2.84. The highest BCUT2D eigenvalue weighted by Crippen LogP contribution is 2.55. The Hall–Kier alpha value is -1.03. The highest BCUT2D eigenvalue weighted by molar-refractivity contribution is 7.08. The molecule has 0 aliphatic heterocycles. The number of nitrogens with one attached hydrogen (secondary N) is 1. The van der Waals surface area contributed by atoms with Crippen molar-refractivity contribution in [1.82, 2.24) is 5.32 Å². The molecule has 0 saturated heterocycles. The molecular formula is C16H21NO2S. The largest absolute Gasteiger partial charge is 0.495 e. The van der Waals surface area contributed by atoms with Crippen molar-refractivity contribution in [3.05, 3.63) is 16.3 Å². The van der Waals surface area contributed by atoms with Crippen LogP contribution in [0, 0.1) is 17.8 Å². The van der Waals surface area contributed by atoms with Crippen molar-refractivity contribution in [3.8, 4) is 5.75 Å². The van der Waals surface area contributed by atoms with E-state index >= 15 is 0 Å². The van der Waals surface area contributed by atoms with Crippen LogP contribution in [-0.2, 0) is 0 Å². The lowest BCUT2D eigenvalue weighted by Gasteiger charge is -2.56. The van der Waals surface area contributed by atoms with Crippen LogP contribution in [0.4, 0.5) is 0 Å². The van der Waals surface area contributed by atoms with E-state index < -0.39 is 0 Å². The van der Waals surface area contributed by atoms with Crippen molar-refractivity contribution in [3.63, 3.8) is 0 Å². The molecule has 3 nitrogen and oxygen atoms in total. The van der Waals surface area contributed by atoms with Crippen LogP contribution in [-0.4, -0.2) is 18.6 Å². The van der Waals surface area contributed by atoms with E-state index in [4.69, 9.17) is 4.74 Å². The van der Waals surface area contributed by atoms with Gasteiger partial charge in [-0.15, -0.1) is 11.3 Å². The molecule has 0 atom stereocenters. The quantitative estimate of drug-likeness (QED) is 0.926. The molecule has 4 bridgehead atoms. The molecule has 4 heteroatoms. The number of hydrogen-bond donors (Lipinski definition) is 1. The average molecular weight is 291 g/mol. The minimum Gasteiger partial charge on any atom is -0.495 e. The molecule has 1 amide bonds. The monoisotopic (exact) mass is 291 g/mol. The van der Waals surface area contributed by atoms with Gasteiger partial charge in [-0.3, -0.25) is 4.79 Å². The maximum absolute atomic E-state index is 12.6. The first-order chi connectivity index (χ1) is 9.67. The molecule has 4 fully saturated rings. The zero-order valence-corrected chi connectivity index (χ0v) is 12.7. The normalized spacial score (nSPS) is 38.0. The molecular weight excluding hydrogens is 270 g/mol. The van der Waals surface area contributed by atoms with Crippen molar-refractivity contribution < 1.29 is 9.53 Å². The fourth-order valence-corrected chi connectivity index (χ4v) is 5.95. The Morgan fingerprint density at radius 1 is 1.20 bits per heavy atom. The van der Waals surface area contributed by atoms with E-state index in [0.717, 1.165) is 17.8 Å². The summed E-state index contributed by atoms with van der Waals surface area (Å²) in [6.45, 7) is 0. The maximum atomic E-state index is 12.6. The Morgan fingerprint density at radius 3 is 2.35 bits per heavy atom. The molecule has 0 radical (unpaired) electrons. The van der Waals surface area contributed by atoms with E-state index in [2.05, 4.69) is 5.32 Å². The number of carbonyl (C=O) groups is 1. The van der Waals surface area contributed by atoms with Crippen molar-refractivity contribution in [2.75, 3.05) is 7.11 Å². The number of carbonyl (C=O) groups excluding carboxylic acids is 1. The van der Waals surface area contributed by atoms with Crippen molar-refractivity contribution in [2.45, 2.75) is 44.1 Å². The third kappa shape index (κ3) is 1.96. The van der Waals surface area contributed by atoms with Crippen molar-refractivity contribution in [1.29, 1.82) is 0 Å². The van der Waals surface area contributed by atoms with E-state index in [1.54, 1.807) is 7.11 Å². The van der Waals surface area contributed by atoms with Gasteiger partial charge in [-0.25, -0.2) is 0 Å². The lowest BCUT2D eigenvalue weighted by atomic mass is 9.53. The second kappa shape index (κ2) is 4.48. The summed E-state index contributed by atoms with van der Waals surface area (Å²) in [6.07, 6.45) is 7.77. The van der Waals surface area contributed by atoms with Crippen molar-refractivity contribution in [2.24, 2.45) is 17.8 Å². The van der Waals surface area contributed by atoms with E-state index in [0.29, 0.717) is 11.3 Å². The van der Waals surface area contributed by atoms with Gasteiger partial charge in [0.15, 0.2) is 0 Å². The molecule has 0 spiro atoms. The summed E-state index contributed by atoms with van der Waals surface area (Å²) in [7, 11) is 1.63. The number of ether oxygens (including phenoxy) is 1. The molecule has 1 aromatic heterocycles. The summed E-state index contributed by atoms with van der Waals surface area (Å²) < 4.78 is 5.28. The molecule has 1 N–H and O–H groups in total. The third-order valence-corrected chi connectivity index (χ3v) is 6.23. The number of amides is 1. The van der Waals surface area contributed by atoms with Crippen LogP contribution in [0.3, 0.4) is 0 Å². The van der Waals surface area contributed by atoms with Gasteiger partial charge in [-0.05, 0) is 56.3 Å². The predicted molar refractivity (Wildman–Crippen MR) is 79.2 cm³/mol. The van der Waals surface area contributed by atoms with Gasteiger partial charge in [0.1, 0.15) is 5.75 Å². The van der Waals surface area contributed by atoms with Gasteiger partial charge in [-0.1, -0.05) is 0 Å². The molecule has 4 aliphatic rings. The molecule has 4 aliphatic carbocycles. The third-order valence-electron chi connectivity index (χ3n) is 5.51. The Balaban J connectivity index is 1.55. The van der Waals surface area contributed by atoms with Gasteiger partial charge in [0.2, 0.25) is 0 Å². The standard InChI is InChI=1S/C16H21NO2S/c1-19-14-9-20-8-13(14)15(18)17-16-5-10-2-11(6-16)4-12(3-10)7-16/h8-12H,2-7H2,1H3,(H,17,18). The first kappa shape index (κ1) is 12.7. The van der Waals surface area contributed by atoms with Crippen LogP contribution in [0.15, 0.2) is 10.8 Å². The fourth-order valence-electron chi connectivity index (χ4n) is 5.18. The second-order valence-electron chi connectivity index (χ2n) is 7.01. The van der Waals surface area contributed by atoms with E-state index in [1.807, 2.05) is 10.8 Å². The summed E-state index contributed by atoms with van der Waals surface area (Å²) in [5, 5.41) is 7.18. The smallest absolute Gasteiger partial charge is 0.256 e. The molecule has 4 saturated carbocycles. The van der Waals surface area contributed by atoms with Gasteiger partial charge in [0.05, 0.1) is 12.7 Å². The summed E-state index contributed by atoms with van der Waals surface area (Å²) in [6, 6.07) is 0. The van der Waals surface area contributed by atoms with E-state index in [9.17, 15) is 4.79 Å². The van der Waals surface area contributed by atoms with Crippen molar-refractivity contribution >= 4 is 17.2 Å². The van der Waals surface area contributed by atoms with Crippen LogP contribution >= 0.6 is 11.3 Å². The van der Waals surface area contributed by atoms with Crippen LogP contribution in [0.5, 0.6) is 5.75 Å². The fraction of sp³-hybridized carbons (Fsp3) is 0.688. The minimum atomic E-state index is 0.0602. The molecule has 108 valence electrons. The lowest BCUT2D eigenvalue weighted by Crippen LogP contribution is -2.59. The van der Waals surface area contributed by atoms with Gasteiger partial charge in [0.25, 0.3) is 5.91 Å². The number of hydrogen-bond acceptors (Lipinski definition) is 3. The summed E-state index contributed by atoms with van der Waals surface area (Å²) in [5.74, 6) is 3.32. The van der Waals surface area contributed by atoms with Gasteiger partial charge >= 0.3 is 0 Å². The van der Waals surface area contributed by atoms with Crippen LogP contribution in [0.1, 0.15) is 48.9 Å². The Labute approximate surface area is 123 Å². The molecule has 0 unspecified atom stereocenters. The second-order valence-corrected chi connectivity index (χ2v) is 7.75. The SMILES string of the molecule is COc1cscc1C(=O)NC12CC3CC(CC(C3)C1)C2. The molecule has 5 rings (SSSR count). The summed E-state index contributed by atoms with van der Waals surface area (Å²) >= 11 is 1.53. The summed E-state index contributed by atoms with van der Waals surface area (Å²) in [4.78, 5) is 12.6. The van der Waals surface area contributed by atoms with E-state index in [1.165, 1.54) is 49.9 Å². The molecule has 1 aromatic rings. The Kier molecular flexibility index (Phi) is 2.85. The number of methoxy groups -OCH3 is 1. The Morgan fingerprint density at radius 2 is 1.80 bits per heavy atom. The number of rotatable bonds is 3. The van der Waals surface area contributed by atoms with Crippen LogP contribution < -0.4 is 10.1 Å². The molecule has 1 heterocycles. The minimum absolute atomic E-state index is 0.0602. The van der Waals surface area contributed by atoms with Gasteiger partial charge < -0.3 is 10.1 Å². The van der Waals surface area contributed by atoms with Gasteiger partial charge in [0, 0.05) is 16.3 Å². The predicted octanol–water partition coefficient (Wildman–Crippen LogP) is 3.46. The molecule has 0 aromatic carbocycles. The lowest BCUT2D eigenvalue weighted by molar-refractivity contribution is -0.0167. The van der Waals surface area contributed by atoms with E-state index in [-0.39, 0.29) is 11.4 Å². The van der Waals surface area contributed by atoms with Gasteiger partial charge in [-0.2, -0.15) is 0 Å². The Bertz CT molecular complexity index is 501. The topological polar surface area (TPSA) is 38.3 Å². The summed E-state index contributed by atoms with van der Waals surface area (Å²) in [5.41, 5.74) is 0.784. The maximum Gasteiger partial charge on any atom is 0.256 e. The first-order valence-electron chi connectivity index (χ1n) is 7.60. The van der Waals surface area contributed by atoms with Crippen LogP contribution in [0.25, 0.3) is 0 Å². The highest BCUT2D eigenvalue weighted by Gasteiger charge is 2.51. The van der Waals surface area contributed by atoms with Crippen LogP contribution in [0.2, 0.25) is 0 Å². The zero-order chi connectivity index (χ0) is 13.7. The zero-order valence-electron chi connectivity index (χ0n) is 11.9. The number of thiophene rings is 1.